The van der Waals surface area contributed by atoms with Crippen LogP contribution in [0.3, 0.4) is 0 Å². The molecule has 0 unspecified atom stereocenters. The summed E-state index contributed by atoms with van der Waals surface area (Å²) in [5, 5.41) is 3.90. The van der Waals surface area contributed by atoms with Crippen molar-refractivity contribution in [2.45, 2.75) is 46.1 Å². The minimum absolute atomic E-state index is 0.0643. The lowest BCUT2D eigenvalue weighted by atomic mass is 9.95. The summed E-state index contributed by atoms with van der Waals surface area (Å²) in [6.07, 6.45) is 2.67. The van der Waals surface area contributed by atoms with E-state index in [4.69, 9.17) is 9.26 Å². The zero-order valence-electron chi connectivity index (χ0n) is 17.6. The summed E-state index contributed by atoms with van der Waals surface area (Å²) in [6.45, 7) is 10.4. The first-order valence-electron chi connectivity index (χ1n) is 10.8. The van der Waals surface area contributed by atoms with Crippen LogP contribution in [0.2, 0.25) is 0 Å². The first-order chi connectivity index (χ1) is 14.1. The highest BCUT2D eigenvalue weighted by atomic mass is 16.5. The number of rotatable bonds is 9. The Balaban J connectivity index is 1.50. The lowest BCUT2D eigenvalue weighted by Crippen LogP contribution is -2.47. The largest absolute Gasteiger partial charge is 0.379 e. The fourth-order valence-corrected chi connectivity index (χ4v) is 3.91. The summed E-state index contributed by atoms with van der Waals surface area (Å²) in [4.78, 5) is 35.7. The molecule has 0 spiro atoms. The van der Waals surface area contributed by atoms with E-state index in [-0.39, 0.29) is 17.7 Å². The Bertz CT molecular complexity index is 674. The molecule has 3 rings (SSSR count). The molecule has 2 saturated heterocycles. The molecule has 9 heteroatoms. The number of carbonyl (C=O) groups excluding carboxylic acids is 2. The number of ether oxygens (including phenoxy) is 1. The predicted octanol–water partition coefficient (Wildman–Crippen LogP) is 0.941. The van der Waals surface area contributed by atoms with Gasteiger partial charge in [0.05, 0.1) is 25.7 Å². The second-order valence-electron chi connectivity index (χ2n) is 7.69. The first kappa shape index (κ1) is 21.7. The van der Waals surface area contributed by atoms with E-state index in [1.165, 1.54) is 0 Å². The minimum Gasteiger partial charge on any atom is -0.379 e. The molecule has 2 aliphatic heterocycles. The van der Waals surface area contributed by atoms with Gasteiger partial charge in [0.2, 0.25) is 17.7 Å². The highest BCUT2D eigenvalue weighted by molar-refractivity contribution is 5.83. The maximum absolute atomic E-state index is 13.1. The molecule has 2 amide bonds. The van der Waals surface area contributed by atoms with Crippen LogP contribution in [0.4, 0.5) is 0 Å². The molecule has 3 heterocycles. The normalized spacial score (nSPS) is 20.8. The van der Waals surface area contributed by atoms with Crippen LogP contribution in [-0.4, -0.2) is 89.1 Å². The Morgan fingerprint density at radius 3 is 2.72 bits per heavy atom. The van der Waals surface area contributed by atoms with Crippen LogP contribution >= 0.6 is 0 Å². The third kappa shape index (κ3) is 5.99. The fraction of sp³-hybridized carbons (Fsp3) is 0.800. The molecule has 0 saturated carbocycles. The van der Waals surface area contributed by atoms with Gasteiger partial charge in [0.15, 0.2) is 5.82 Å². The van der Waals surface area contributed by atoms with E-state index in [0.717, 1.165) is 39.3 Å². The summed E-state index contributed by atoms with van der Waals surface area (Å²) in [6, 6.07) is 0. The third-order valence-electron chi connectivity index (χ3n) is 5.70. The van der Waals surface area contributed by atoms with Gasteiger partial charge in [0.1, 0.15) is 0 Å². The molecule has 0 aromatic carbocycles. The number of nitrogens with zero attached hydrogens (tertiary/aromatic N) is 5. The van der Waals surface area contributed by atoms with Crippen LogP contribution in [0.25, 0.3) is 0 Å². The monoisotopic (exact) mass is 407 g/mol. The summed E-state index contributed by atoms with van der Waals surface area (Å²) in [5.74, 6) is 1.17. The summed E-state index contributed by atoms with van der Waals surface area (Å²) in [5.41, 5.74) is 0. The molecular weight excluding hydrogens is 374 g/mol. The molecular formula is C20H33N5O4. The molecule has 0 bridgehead atoms. The highest BCUT2D eigenvalue weighted by Gasteiger charge is 2.32. The van der Waals surface area contributed by atoms with Gasteiger partial charge in [-0.3, -0.25) is 14.5 Å². The number of hydrogen-bond acceptors (Lipinski definition) is 7. The van der Waals surface area contributed by atoms with Crippen molar-refractivity contribution < 1.29 is 18.8 Å². The number of piperidine rings is 1. The van der Waals surface area contributed by atoms with Crippen LogP contribution in [0, 0.1) is 5.92 Å². The molecule has 29 heavy (non-hydrogen) atoms. The number of aryl methyl sites for hydroxylation is 1. The molecule has 0 aliphatic carbocycles. The first-order valence-corrected chi connectivity index (χ1v) is 10.8. The molecule has 2 aliphatic rings. The Morgan fingerprint density at radius 1 is 1.24 bits per heavy atom. The number of carbonyl (C=O) groups is 2. The van der Waals surface area contributed by atoms with Crippen LogP contribution < -0.4 is 0 Å². The number of likely N-dealkylation sites (tertiary alicyclic amines) is 1. The quantitative estimate of drug-likeness (QED) is 0.602. The van der Waals surface area contributed by atoms with Crippen molar-refractivity contribution in [2.75, 3.05) is 52.5 Å². The van der Waals surface area contributed by atoms with E-state index in [0.29, 0.717) is 57.2 Å². The van der Waals surface area contributed by atoms with E-state index in [2.05, 4.69) is 15.0 Å². The molecule has 0 N–H and O–H groups in total. The molecule has 1 aromatic rings. The van der Waals surface area contributed by atoms with Gasteiger partial charge in [0.25, 0.3) is 0 Å². The standard InChI is InChI=1S/C20H33N5O4/c1-3-17-21-18(29-22-17)15-24(4-2)20(27)16-6-7-19(26)25(14-16)9-5-8-23-10-12-28-13-11-23/h16H,3-15H2,1-2H3/t16-/m1/s1. The summed E-state index contributed by atoms with van der Waals surface area (Å²) < 4.78 is 10.6. The van der Waals surface area contributed by atoms with Gasteiger partial charge in [-0.15, -0.1) is 0 Å². The number of morpholine rings is 1. The van der Waals surface area contributed by atoms with Crippen molar-refractivity contribution in [3.63, 3.8) is 0 Å². The van der Waals surface area contributed by atoms with Gasteiger partial charge in [-0.2, -0.15) is 4.98 Å². The second kappa shape index (κ2) is 10.7. The van der Waals surface area contributed by atoms with Crippen LogP contribution in [0.5, 0.6) is 0 Å². The van der Waals surface area contributed by atoms with Gasteiger partial charge in [-0.05, 0) is 19.8 Å². The zero-order valence-corrected chi connectivity index (χ0v) is 17.6. The molecule has 162 valence electrons. The third-order valence-corrected chi connectivity index (χ3v) is 5.70. The van der Waals surface area contributed by atoms with Crippen molar-refractivity contribution in [3.05, 3.63) is 11.7 Å². The van der Waals surface area contributed by atoms with Crippen LogP contribution in [0.15, 0.2) is 4.52 Å². The van der Waals surface area contributed by atoms with Gasteiger partial charge in [-0.25, -0.2) is 0 Å². The smallest absolute Gasteiger partial charge is 0.246 e. The second-order valence-corrected chi connectivity index (χ2v) is 7.69. The Kier molecular flexibility index (Phi) is 8.00. The zero-order chi connectivity index (χ0) is 20.6. The molecule has 0 radical (unpaired) electrons. The predicted molar refractivity (Wildman–Crippen MR) is 106 cm³/mol. The van der Waals surface area contributed by atoms with Crippen molar-refractivity contribution in [1.82, 2.24) is 24.8 Å². The average Bonchev–Trinajstić information content (AvgIpc) is 3.21. The summed E-state index contributed by atoms with van der Waals surface area (Å²) in [7, 11) is 0. The Labute approximate surface area is 172 Å². The fourth-order valence-electron chi connectivity index (χ4n) is 3.91. The maximum atomic E-state index is 13.1. The topological polar surface area (TPSA) is 92.0 Å². The lowest BCUT2D eigenvalue weighted by molar-refractivity contribution is -0.143. The lowest BCUT2D eigenvalue weighted by Gasteiger charge is -2.35. The van der Waals surface area contributed by atoms with Crippen LogP contribution in [0.1, 0.15) is 44.8 Å². The van der Waals surface area contributed by atoms with Gasteiger partial charge in [0, 0.05) is 52.1 Å². The Morgan fingerprint density at radius 2 is 2.03 bits per heavy atom. The van der Waals surface area contributed by atoms with E-state index < -0.39 is 0 Å². The van der Waals surface area contributed by atoms with Crippen molar-refractivity contribution >= 4 is 11.8 Å². The van der Waals surface area contributed by atoms with Gasteiger partial charge < -0.3 is 19.1 Å². The number of aromatic nitrogens is 2. The van der Waals surface area contributed by atoms with Crippen molar-refractivity contribution in [3.8, 4) is 0 Å². The molecule has 2 fully saturated rings. The van der Waals surface area contributed by atoms with Crippen LogP contribution in [-0.2, 0) is 27.3 Å². The number of hydrogen-bond donors (Lipinski definition) is 0. The highest BCUT2D eigenvalue weighted by Crippen LogP contribution is 2.21. The Hall–Kier alpha value is -2.00. The van der Waals surface area contributed by atoms with Crippen molar-refractivity contribution in [2.24, 2.45) is 5.92 Å². The van der Waals surface area contributed by atoms with Gasteiger partial charge >= 0.3 is 0 Å². The molecule has 9 nitrogen and oxygen atoms in total. The van der Waals surface area contributed by atoms with E-state index in [9.17, 15) is 9.59 Å². The number of amides is 2. The molecule has 1 aromatic heterocycles. The summed E-state index contributed by atoms with van der Waals surface area (Å²) >= 11 is 0. The van der Waals surface area contributed by atoms with Gasteiger partial charge in [-0.1, -0.05) is 12.1 Å². The maximum Gasteiger partial charge on any atom is 0.246 e. The van der Waals surface area contributed by atoms with E-state index in [1.807, 2.05) is 18.7 Å². The average molecular weight is 408 g/mol. The minimum atomic E-state index is -0.162. The molecule has 1 atom stereocenters. The SMILES string of the molecule is CCc1noc(CN(CC)C(=O)[C@@H]2CCC(=O)N(CCCN3CCOCC3)C2)n1. The van der Waals surface area contributed by atoms with E-state index >= 15 is 0 Å². The van der Waals surface area contributed by atoms with E-state index in [1.54, 1.807) is 4.90 Å². The van der Waals surface area contributed by atoms with Crippen molar-refractivity contribution in [1.29, 1.82) is 0 Å².